The second-order valence-corrected chi connectivity index (χ2v) is 7.29. The zero-order chi connectivity index (χ0) is 22.1. The molecule has 0 saturated heterocycles. The van der Waals surface area contributed by atoms with Crippen molar-refractivity contribution >= 4 is 15.9 Å². The molecular weight excluding hydrogens is 437 g/mol. The van der Waals surface area contributed by atoms with Crippen molar-refractivity contribution in [3.8, 4) is 11.4 Å². The van der Waals surface area contributed by atoms with E-state index in [1.807, 2.05) is 0 Å². The summed E-state index contributed by atoms with van der Waals surface area (Å²) >= 11 is 0. The maximum Gasteiger partial charge on any atom is 0.573 e. The van der Waals surface area contributed by atoms with Crippen LogP contribution in [0.1, 0.15) is 10.5 Å². The summed E-state index contributed by atoms with van der Waals surface area (Å²) in [6, 6.07) is 7.24. The monoisotopic (exact) mass is 447 g/mol. The van der Waals surface area contributed by atoms with Crippen molar-refractivity contribution in [3.63, 3.8) is 0 Å². The van der Waals surface area contributed by atoms with Crippen LogP contribution >= 0.6 is 0 Å². The highest BCUT2D eigenvalue weighted by atomic mass is 32.2. The van der Waals surface area contributed by atoms with Gasteiger partial charge in [-0.1, -0.05) is 18.2 Å². The molecule has 0 aliphatic rings. The lowest BCUT2D eigenvalue weighted by Crippen LogP contribution is -2.32. The Hall–Kier alpha value is -3.48. The van der Waals surface area contributed by atoms with E-state index < -0.39 is 50.3 Å². The third-order valence-corrected chi connectivity index (χ3v) is 4.98. The Balaban J connectivity index is 1.88. The van der Waals surface area contributed by atoms with Crippen LogP contribution in [0.2, 0.25) is 0 Å². The number of rotatable bonds is 5. The second-order valence-electron chi connectivity index (χ2n) is 5.67. The number of halogens is 5. The summed E-state index contributed by atoms with van der Waals surface area (Å²) < 4.78 is 95.7. The molecule has 0 aliphatic carbocycles. The highest BCUT2D eigenvalue weighted by Gasteiger charge is 2.32. The van der Waals surface area contributed by atoms with Gasteiger partial charge in [-0.25, -0.2) is 26.9 Å². The quantitative estimate of drug-likeness (QED) is 0.607. The first kappa shape index (κ1) is 21.2. The molecule has 7 nitrogen and oxygen atoms in total. The van der Waals surface area contributed by atoms with Gasteiger partial charge in [0.25, 0.3) is 15.9 Å². The van der Waals surface area contributed by atoms with Crippen molar-refractivity contribution in [1.82, 2.24) is 14.3 Å². The fourth-order valence-corrected chi connectivity index (χ4v) is 3.52. The minimum atomic E-state index is -4.98. The van der Waals surface area contributed by atoms with E-state index in [1.165, 1.54) is 22.9 Å². The van der Waals surface area contributed by atoms with Crippen molar-refractivity contribution in [2.75, 3.05) is 0 Å². The summed E-state index contributed by atoms with van der Waals surface area (Å²) in [5.74, 6) is -4.79. The molecule has 0 atom stereocenters. The number of sulfonamides is 1. The lowest BCUT2D eigenvalue weighted by Gasteiger charge is -2.13. The first-order chi connectivity index (χ1) is 14.0. The van der Waals surface area contributed by atoms with Gasteiger partial charge in [-0.2, -0.15) is 0 Å². The molecule has 30 heavy (non-hydrogen) atoms. The predicted molar refractivity (Wildman–Crippen MR) is 91.3 cm³/mol. The Labute approximate surface area is 165 Å². The standard InChI is InChI=1S/C17H10F5N3O4S/c18-10-4-3-5-11(19)15(10)30(27,28)24-16(26)12-8-25(9-23-12)13-6-1-2-7-14(13)29-17(20,21)22/h1-9H,(H,24,26). The number of benzene rings is 2. The van der Waals surface area contributed by atoms with Crippen LogP contribution in [0.5, 0.6) is 5.75 Å². The maximum absolute atomic E-state index is 13.7. The van der Waals surface area contributed by atoms with E-state index in [9.17, 15) is 35.2 Å². The number of hydrogen-bond acceptors (Lipinski definition) is 5. The number of alkyl halides is 3. The van der Waals surface area contributed by atoms with Gasteiger partial charge in [-0.3, -0.25) is 4.79 Å². The van der Waals surface area contributed by atoms with Gasteiger partial charge in [0.1, 0.15) is 23.7 Å². The largest absolute Gasteiger partial charge is 0.573 e. The van der Waals surface area contributed by atoms with Crippen LogP contribution in [0.15, 0.2) is 59.9 Å². The van der Waals surface area contributed by atoms with Crippen LogP contribution in [0.3, 0.4) is 0 Å². The van der Waals surface area contributed by atoms with Gasteiger partial charge < -0.3 is 9.30 Å². The molecule has 13 heteroatoms. The Morgan fingerprint density at radius 2 is 1.67 bits per heavy atom. The number of nitrogens with one attached hydrogen (secondary N) is 1. The summed E-state index contributed by atoms with van der Waals surface area (Å²) in [4.78, 5) is 14.4. The molecule has 1 heterocycles. The summed E-state index contributed by atoms with van der Waals surface area (Å²) in [6.07, 6.45) is -3.13. The van der Waals surface area contributed by atoms with Crippen LogP contribution in [0.4, 0.5) is 22.0 Å². The maximum atomic E-state index is 13.7. The topological polar surface area (TPSA) is 90.3 Å². The smallest absolute Gasteiger partial charge is 0.404 e. The first-order valence-corrected chi connectivity index (χ1v) is 9.36. The average molecular weight is 447 g/mol. The van der Waals surface area contributed by atoms with Crippen LogP contribution in [0, 0.1) is 11.6 Å². The number of para-hydroxylation sites is 2. The van der Waals surface area contributed by atoms with Gasteiger partial charge in [-0.05, 0) is 24.3 Å². The normalized spacial score (nSPS) is 11.9. The fraction of sp³-hybridized carbons (Fsp3) is 0.0588. The minimum Gasteiger partial charge on any atom is -0.404 e. The molecule has 0 radical (unpaired) electrons. The van der Waals surface area contributed by atoms with Crippen LogP contribution in [0.25, 0.3) is 5.69 Å². The minimum absolute atomic E-state index is 0.149. The molecule has 0 saturated carbocycles. The molecule has 3 rings (SSSR count). The Morgan fingerprint density at radius 3 is 2.30 bits per heavy atom. The average Bonchev–Trinajstić information content (AvgIpc) is 3.10. The predicted octanol–water partition coefficient (Wildman–Crippen LogP) is 3.17. The highest BCUT2D eigenvalue weighted by molar-refractivity contribution is 7.90. The van der Waals surface area contributed by atoms with Gasteiger partial charge in [0.2, 0.25) is 0 Å². The number of amides is 1. The Morgan fingerprint density at radius 1 is 1.03 bits per heavy atom. The summed E-state index contributed by atoms with van der Waals surface area (Å²) in [6.45, 7) is 0. The zero-order valence-electron chi connectivity index (χ0n) is 14.5. The fourth-order valence-electron chi connectivity index (χ4n) is 2.42. The number of aromatic nitrogens is 2. The van der Waals surface area contributed by atoms with Crippen molar-refractivity contribution < 1.29 is 39.9 Å². The number of imidazole rings is 1. The molecule has 1 N–H and O–H groups in total. The number of carbonyl (C=O) groups excluding carboxylic acids is 1. The van der Waals surface area contributed by atoms with Crippen molar-refractivity contribution in [1.29, 1.82) is 0 Å². The molecule has 1 aromatic heterocycles. The van der Waals surface area contributed by atoms with E-state index in [1.54, 1.807) is 0 Å². The summed E-state index contributed by atoms with van der Waals surface area (Å²) in [5, 5.41) is 0. The third kappa shape index (κ3) is 4.56. The SMILES string of the molecule is O=C(NS(=O)(=O)c1c(F)cccc1F)c1cn(-c2ccccc2OC(F)(F)F)cn1. The number of ether oxygens (including phenoxy) is 1. The third-order valence-electron chi connectivity index (χ3n) is 3.60. The lowest BCUT2D eigenvalue weighted by molar-refractivity contribution is -0.274. The van der Waals surface area contributed by atoms with Crippen LogP contribution < -0.4 is 9.46 Å². The van der Waals surface area contributed by atoms with Crippen LogP contribution in [-0.2, 0) is 10.0 Å². The molecule has 1 amide bonds. The molecular formula is C17H10F5N3O4S. The van der Waals surface area contributed by atoms with E-state index >= 15 is 0 Å². The molecule has 0 unspecified atom stereocenters. The van der Waals surface area contributed by atoms with Crippen molar-refractivity contribution in [2.45, 2.75) is 11.3 Å². The molecule has 0 spiro atoms. The van der Waals surface area contributed by atoms with E-state index in [0.717, 1.165) is 29.2 Å². The highest BCUT2D eigenvalue weighted by Crippen LogP contribution is 2.29. The molecule has 3 aromatic rings. The lowest BCUT2D eigenvalue weighted by atomic mass is 10.3. The molecule has 0 fully saturated rings. The van der Waals surface area contributed by atoms with E-state index in [-0.39, 0.29) is 5.69 Å². The van der Waals surface area contributed by atoms with Crippen LogP contribution in [-0.4, -0.2) is 30.2 Å². The van der Waals surface area contributed by atoms with Crippen molar-refractivity contribution in [2.24, 2.45) is 0 Å². The zero-order valence-corrected chi connectivity index (χ0v) is 15.3. The van der Waals surface area contributed by atoms with E-state index in [0.29, 0.717) is 12.1 Å². The van der Waals surface area contributed by atoms with Gasteiger partial charge in [-0.15, -0.1) is 13.2 Å². The Bertz CT molecular complexity index is 1190. The number of carbonyl (C=O) groups is 1. The van der Waals surface area contributed by atoms with Gasteiger partial charge in [0.15, 0.2) is 10.6 Å². The van der Waals surface area contributed by atoms with Gasteiger partial charge >= 0.3 is 6.36 Å². The second kappa shape index (κ2) is 7.74. The summed E-state index contributed by atoms with van der Waals surface area (Å²) in [5.41, 5.74) is -0.693. The molecule has 2 aromatic carbocycles. The molecule has 0 aliphatic heterocycles. The van der Waals surface area contributed by atoms with Gasteiger partial charge in [0.05, 0.1) is 5.69 Å². The van der Waals surface area contributed by atoms with Gasteiger partial charge in [0, 0.05) is 6.20 Å². The Kier molecular flexibility index (Phi) is 5.48. The number of hydrogen-bond donors (Lipinski definition) is 1. The summed E-state index contributed by atoms with van der Waals surface area (Å²) in [7, 11) is -4.93. The van der Waals surface area contributed by atoms with Crippen molar-refractivity contribution in [3.05, 3.63) is 72.3 Å². The first-order valence-electron chi connectivity index (χ1n) is 7.88. The molecule has 158 valence electrons. The van der Waals surface area contributed by atoms with E-state index in [2.05, 4.69) is 9.72 Å². The van der Waals surface area contributed by atoms with E-state index in [4.69, 9.17) is 0 Å². The molecule has 0 bridgehead atoms. The number of nitrogens with zero attached hydrogens (tertiary/aromatic N) is 2.